The highest BCUT2D eigenvalue weighted by Crippen LogP contribution is 2.64. The molecule has 80 valence electrons. The Kier molecular flexibility index (Phi) is 3.35. The van der Waals surface area contributed by atoms with Crippen molar-refractivity contribution in [1.82, 2.24) is 5.43 Å². The maximum atomic E-state index is 11.2. The number of hydrogen-bond donors (Lipinski definition) is 2. The minimum Gasteiger partial charge on any atom is -0.271 e. The second kappa shape index (κ2) is 3.24. The molecule has 0 aliphatic heterocycles. The maximum Gasteiger partial charge on any atom is 0.153 e. The van der Waals surface area contributed by atoms with Crippen LogP contribution in [0.4, 0.5) is 0 Å². The lowest BCUT2D eigenvalue weighted by molar-refractivity contribution is -0.0252. The molecule has 3 aliphatic rings. The molecule has 0 aromatic rings. The Morgan fingerprint density at radius 1 is 1.23 bits per heavy atom. The standard InChI is InChI=1S/C6H12N2O2S.2ClH/c1-11(9,10)6-2-5(3-6,4-6)8-7;;/h8H,2-4,7H2,1H3;2*1H. The van der Waals surface area contributed by atoms with Crippen LogP contribution in [0, 0.1) is 0 Å². The normalized spacial score (nSPS) is 40.5. The third kappa shape index (κ3) is 1.47. The van der Waals surface area contributed by atoms with Gasteiger partial charge in [0.15, 0.2) is 9.84 Å². The number of halogens is 2. The summed E-state index contributed by atoms with van der Waals surface area (Å²) < 4.78 is 21.9. The van der Waals surface area contributed by atoms with Crippen molar-refractivity contribution in [2.45, 2.75) is 29.5 Å². The number of nitrogens with two attached hydrogens (primary N) is 1. The molecule has 0 saturated heterocycles. The van der Waals surface area contributed by atoms with Crippen LogP contribution in [0.1, 0.15) is 19.3 Å². The van der Waals surface area contributed by atoms with Gasteiger partial charge in [-0.2, -0.15) is 0 Å². The molecular formula is C6H14Cl2N2O2S. The molecule has 0 unspecified atom stereocenters. The number of rotatable bonds is 2. The van der Waals surface area contributed by atoms with E-state index < -0.39 is 14.6 Å². The van der Waals surface area contributed by atoms with Crippen LogP contribution in [0.3, 0.4) is 0 Å². The molecular weight excluding hydrogens is 235 g/mol. The van der Waals surface area contributed by atoms with Gasteiger partial charge >= 0.3 is 0 Å². The second-order valence-electron chi connectivity index (χ2n) is 3.91. The SMILES string of the molecule is CS(=O)(=O)C12CC(NN)(C1)C2.Cl.Cl. The average Bonchev–Trinajstić information content (AvgIpc) is 1.53. The van der Waals surface area contributed by atoms with Gasteiger partial charge in [-0.3, -0.25) is 11.3 Å². The highest BCUT2D eigenvalue weighted by Gasteiger charge is 2.72. The van der Waals surface area contributed by atoms with E-state index in [-0.39, 0.29) is 30.4 Å². The minimum atomic E-state index is -2.84. The summed E-state index contributed by atoms with van der Waals surface area (Å²) in [7, 11) is -2.84. The Morgan fingerprint density at radius 2 is 1.62 bits per heavy atom. The van der Waals surface area contributed by atoms with Crippen LogP contribution in [0.15, 0.2) is 0 Å². The van der Waals surface area contributed by atoms with E-state index >= 15 is 0 Å². The van der Waals surface area contributed by atoms with E-state index in [1.54, 1.807) is 0 Å². The molecule has 0 aromatic carbocycles. The summed E-state index contributed by atoms with van der Waals surface area (Å²) in [5.41, 5.74) is 2.65. The Morgan fingerprint density at radius 3 is 1.85 bits per heavy atom. The molecule has 3 saturated carbocycles. The number of hydrogen-bond acceptors (Lipinski definition) is 4. The third-order valence-corrected chi connectivity index (χ3v) is 5.08. The van der Waals surface area contributed by atoms with Crippen molar-refractivity contribution in [3.63, 3.8) is 0 Å². The predicted molar refractivity (Wildman–Crippen MR) is 56.0 cm³/mol. The smallest absolute Gasteiger partial charge is 0.153 e. The lowest BCUT2D eigenvalue weighted by atomic mass is 9.49. The van der Waals surface area contributed by atoms with Crippen molar-refractivity contribution in [3.8, 4) is 0 Å². The highest BCUT2D eigenvalue weighted by molar-refractivity contribution is 7.92. The molecule has 0 spiro atoms. The summed E-state index contributed by atoms with van der Waals surface area (Å²) in [6.07, 6.45) is 3.42. The van der Waals surface area contributed by atoms with Gasteiger partial charge in [0.2, 0.25) is 0 Å². The van der Waals surface area contributed by atoms with Crippen LogP contribution in [0.25, 0.3) is 0 Å². The van der Waals surface area contributed by atoms with Gasteiger partial charge in [0.05, 0.1) is 4.75 Å². The molecule has 3 rings (SSSR count). The van der Waals surface area contributed by atoms with Gasteiger partial charge in [0.25, 0.3) is 0 Å². The molecule has 3 aliphatic carbocycles. The maximum absolute atomic E-state index is 11.2. The molecule has 3 fully saturated rings. The number of hydrazine groups is 1. The van der Waals surface area contributed by atoms with Gasteiger partial charge in [0, 0.05) is 11.8 Å². The van der Waals surface area contributed by atoms with Gasteiger partial charge in [-0.15, -0.1) is 24.8 Å². The number of sulfone groups is 1. The summed E-state index contributed by atoms with van der Waals surface area (Å²) in [6, 6.07) is 0. The van der Waals surface area contributed by atoms with Gasteiger partial charge < -0.3 is 0 Å². The lowest BCUT2D eigenvalue weighted by Crippen LogP contribution is -2.81. The van der Waals surface area contributed by atoms with Crippen LogP contribution < -0.4 is 11.3 Å². The second-order valence-corrected chi connectivity index (χ2v) is 6.32. The van der Waals surface area contributed by atoms with Crippen molar-refractivity contribution in [2.24, 2.45) is 5.84 Å². The molecule has 0 aromatic heterocycles. The van der Waals surface area contributed by atoms with Crippen molar-refractivity contribution < 1.29 is 8.42 Å². The Balaban J connectivity index is 0.000000720. The fraction of sp³-hybridized carbons (Fsp3) is 1.00. The molecule has 0 radical (unpaired) electrons. The van der Waals surface area contributed by atoms with E-state index in [0.29, 0.717) is 19.3 Å². The topological polar surface area (TPSA) is 72.2 Å². The molecule has 4 nitrogen and oxygen atoms in total. The van der Waals surface area contributed by atoms with Crippen LogP contribution in [0.2, 0.25) is 0 Å². The first-order chi connectivity index (χ1) is 4.93. The van der Waals surface area contributed by atoms with Crippen LogP contribution >= 0.6 is 24.8 Å². The minimum absolute atomic E-state index is 0. The third-order valence-electron chi connectivity index (χ3n) is 3.07. The Hall–Kier alpha value is 0.450. The van der Waals surface area contributed by atoms with Crippen molar-refractivity contribution in [1.29, 1.82) is 0 Å². The fourth-order valence-corrected chi connectivity index (χ4v) is 3.86. The van der Waals surface area contributed by atoms with E-state index in [2.05, 4.69) is 5.43 Å². The number of nitrogens with one attached hydrogen (secondary N) is 1. The first kappa shape index (κ1) is 13.4. The Bertz CT molecular complexity index is 284. The molecule has 3 N–H and O–H groups in total. The monoisotopic (exact) mass is 248 g/mol. The first-order valence-electron chi connectivity index (χ1n) is 3.61. The molecule has 7 heteroatoms. The summed E-state index contributed by atoms with van der Waals surface area (Å²) in [4.78, 5) is 0. The summed E-state index contributed by atoms with van der Waals surface area (Å²) in [6.45, 7) is 0. The van der Waals surface area contributed by atoms with Crippen molar-refractivity contribution in [3.05, 3.63) is 0 Å². The van der Waals surface area contributed by atoms with Crippen LogP contribution in [-0.2, 0) is 9.84 Å². The van der Waals surface area contributed by atoms with Gasteiger partial charge in [0.1, 0.15) is 0 Å². The van der Waals surface area contributed by atoms with Crippen LogP contribution in [0.5, 0.6) is 0 Å². The first-order valence-corrected chi connectivity index (χ1v) is 5.50. The van der Waals surface area contributed by atoms with Gasteiger partial charge in [-0.25, -0.2) is 8.42 Å². The van der Waals surface area contributed by atoms with Gasteiger partial charge in [-0.05, 0) is 19.3 Å². The lowest BCUT2D eigenvalue weighted by Gasteiger charge is -2.68. The van der Waals surface area contributed by atoms with Crippen molar-refractivity contribution >= 4 is 34.7 Å². The van der Waals surface area contributed by atoms with Crippen molar-refractivity contribution in [2.75, 3.05) is 6.26 Å². The summed E-state index contributed by atoms with van der Waals surface area (Å²) in [5.74, 6) is 5.26. The summed E-state index contributed by atoms with van der Waals surface area (Å²) in [5, 5.41) is 0. The van der Waals surface area contributed by atoms with Gasteiger partial charge in [-0.1, -0.05) is 0 Å². The van der Waals surface area contributed by atoms with E-state index in [0.717, 1.165) is 0 Å². The molecule has 2 bridgehead atoms. The van der Waals surface area contributed by atoms with E-state index in [1.807, 2.05) is 0 Å². The zero-order chi connectivity index (χ0) is 8.33. The predicted octanol–water partition coefficient (Wildman–Crippen LogP) is 0.0130. The zero-order valence-corrected chi connectivity index (χ0v) is 9.69. The highest BCUT2D eigenvalue weighted by atomic mass is 35.5. The van der Waals surface area contributed by atoms with E-state index in [9.17, 15) is 8.42 Å². The molecule has 0 heterocycles. The molecule has 0 amide bonds. The summed E-state index contributed by atoms with van der Waals surface area (Å²) >= 11 is 0. The fourth-order valence-electron chi connectivity index (χ4n) is 2.24. The zero-order valence-electron chi connectivity index (χ0n) is 7.24. The van der Waals surface area contributed by atoms with Crippen LogP contribution in [-0.4, -0.2) is 25.0 Å². The van der Waals surface area contributed by atoms with E-state index in [1.165, 1.54) is 6.26 Å². The molecule has 13 heavy (non-hydrogen) atoms. The molecule has 0 atom stereocenters. The quantitative estimate of drug-likeness (QED) is 0.534. The average molecular weight is 249 g/mol. The Labute approximate surface area is 90.3 Å². The van der Waals surface area contributed by atoms with E-state index in [4.69, 9.17) is 5.84 Å². The largest absolute Gasteiger partial charge is 0.271 e.